The number of fused-ring (bicyclic) bond motifs is 1. The minimum atomic E-state index is -0.228. The number of guanidine groups is 1. The van der Waals surface area contributed by atoms with Gasteiger partial charge in [0.15, 0.2) is 10.9 Å². The van der Waals surface area contributed by atoms with E-state index in [2.05, 4.69) is 22.1 Å². The van der Waals surface area contributed by atoms with Crippen molar-refractivity contribution in [3.63, 3.8) is 0 Å². The van der Waals surface area contributed by atoms with Crippen molar-refractivity contribution >= 4 is 28.2 Å². The highest BCUT2D eigenvalue weighted by atomic mass is 32.1. The highest BCUT2D eigenvalue weighted by Crippen LogP contribution is 2.16. The van der Waals surface area contributed by atoms with E-state index >= 15 is 0 Å². The molecule has 8 nitrogen and oxygen atoms in total. The summed E-state index contributed by atoms with van der Waals surface area (Å²) in [5.41, 5.74) is 0.962. The maximum Gasteiger partial charge on any atom is 0.251 e. The summed E-state index contributed by atoms with van der Waals surface area (Å²) in [7, 11) is 0. The fourth-order valence-electron chi connectivity index (χ4n) is 3.55. The molecule has 0 radical (unpaired) electrons. The van der Waals surface area contributed by atoms with Crippen LogP contribution in [-0.2, 0) is 16.1 Å². The van der Waals surface area contributed by atoms with Crippen LogP contribution in [0.25, 0.3) is 4.96 Å². The van der Waals surface area contributed by atoms with Crippen molar-refractivity contribution in [2.24, 2.45) is 4.99 Å². The molecular formula is C18H26N6O2S. The highest BCUT2D eigenvalue weighted by molar-refractivity contribution is 7.15. The van der Waals surface area contributed by atoms with Gasteiger partial charge in [-0.3, -0.25) is 9.20 Å². The van der Waals surface area contributed by atoms with Gasteiger partial charge in [0.2, 0.25) is 0 Å². The zero-order valence-electron chi connectivity index (χ0n) is 15.6. The number of carbonyl (C=O) groups is 1. The summed E-state index contributed by atoms with van der Waals surface area (Å²) >= 11 is 1.62. The minimum Gasteiger partial charge on any atom is -0.368 e. The molecule has 2 aliphatic rings. The van der Waals surface area contributed by atoms with Crippen molar-refractivity contribution in [1.82, 2.24) is 24.5 Å². The lowest BCUT2D eigenvalue weighted by Gasteiger charge is -2.37. The Morgan fingerprint density at radius 1 is 1.37 bits per heavy atom. The second-order valence-corrected chi connectivity index (χ2v) is 7.68. The average Bonchev–Trinajstić information content (AvgIpc) is 3.42. The van der Waals surface area contributed by atoms with Gasteiger partial charge in [-0.05, 0) is 19.8 Å². The summed E-state index contributed by atoms with van der Waals surface area (Å²) in [4.78, 5) is 27.0. The molecule has 2 saturated heterocycles. The fraction of sp³-hybridized carbons (Fsp3) is 0.611. The predicted octanol–water partition coefficient (Wildman–Crippen LogP) is 1.18. The third-order valence-electron chi connectivity index (χ3n) is 4.96. The number of piperazine rings is 1. The molecule has 1 N–H and O–H groups in total. The number of hydrogen-bond acceptors (Lipinski definition) is 5. The largest absolute Gasteiger partial charge is 0.368 e. The Morgan fingerprint density at radius 3 is 2.89 bits per heavy atom. The first kappa shape index (κ1) is 18.2. The molecule has 4 rings (SSSR count). The molecule has 9 heteroatoms. The Morgan fingerprint density at radius 2 is 2.19 bits per heavy atom. The van der Waals surface area contributed by atoms with Crippen LogP contribution in [0, 0.1) is 0 Å². The summed E-state index contributed by atoms with van der Waals surface area (Å²) in [5.74, 6) is 1.03. The lowest BCUT2D eigenvalue weighted by Crippen LogP contribution is -2.55. The van der Waals surface area contributed by atoms with Crippen LogP contribution in [0.2, 0.25) is 0 Å². The van der Waals surface area contributed by atoms with Crippen LogP contribution < -0.4 is 5.32 Å². The minimum absolute atomic E-state index is 0.146. The lowest BCUT2D eigenvalue weighted by molar-refractivity contribution is -0.142. The molecular weight excluding hydrogens is 364 g/mol. The summed E-state index contributed by atoms with van der Waals surface area (Å²) < 4.78 is 7.56. The molecule has 0 bridgehead atoms. The van der Waals surface area contributed by atoms with Gasteiger partial charge in [-0.25, -0.2) is 9.98 Å². The first-order chi connectivity index (χ1) is 13.2. The maximum atomic E-state index is 12.5. The quantitative estimate of drug-likeness (QED) is 0.627. The Bertz CT molecular complexity index is 773. The number of amides is 1. The molecule has 2 aliphatic heterocycles. The molecule has 2 fully saturated rings. The molecule has 2 aromatic heterocycles. The van der Waals surface area contributed by atoms with E-state index in [0.29, 0.717) is 26.2 Å². The van der Waals surface area contributed by atoms with E-state index in [1.165, 1.54) is 0 Å². The van der Waals surface area contributed by atoms with Crippen LogP contribution in [0.3, 0.4) is 0 Å². The molecule has 0 aliphatic carbocycles. The van der Waals surface area contributed by atoms with Crippen molar-refractivity contribution < 1.29 is 9.53 Å². The number of rotatable bonds is 4. The number of carbonyl (C=O) groups excluding carboxylic acids is 1. The van der Waals surface area contributed by atoms with Gasteiger partial charge in [-0.2, -0.15) is 0 Å². The van der Waals surface area contributed by atoms with Crippen LogP contribution in [0.4, 0.5) is 0 Å². The van der Waals surface area contributed by atoms with Crippen LogP contribution in [0.15, 0.2) is 22.8 Å². The first-order valence-corrected chi connectivity index (χ1v) is 10.5. The van der Waals surface area contributed by atoms with Gasteiger partial charge in [-0.1, -0.05) is 0 Å². The number of hydrogen-bond donors (Lipinski definition) is 1. The van der Waals surface area contributed by atoms with E-state index in [1.54, 1.807) is 11.3 Å². The Kier molecular flexibility index (Phi) is 5.58. The zero-order chi connectivity index (χ0) is 18.6. The Balaban J connectivity index is 1.36. The SMILES string of the molecule is CCNC(=NCc1cn2ccsc2n1)N1CCN(C(=O)C2CCCO2)CC1. The van der Waals surface area contributed by atoms with Gasteiger partial charge in [-0.15, -0.1) is 11.3 Å². The number of imidazole rings is 1. The highest BCUT2D eigenvalue weighted by Gasteiger charge is 2.30. The lowest BCUT2D eigenvalue weighted by atomic mass is 10.2. The normalized spacial score (nSPS) is 21.2. The standard InChI is InChI=1S/C18H26N6O2S/c1-2-19-17(20-12-14-13-24-9-11-27-18(24)21-14)23-7-5-22(6-8-23)16(25)15-4-3-10-26-15/h9,11,13,15H,2-8,10,12H2,1H3,(H,19,20). The van der Waals surface area contributed by atoms with E-state index < -0.39 is 0 Å². The van der Waals surface area contributed by atoms with Gasteiger partial charge in [0.25, 0.3) is 5.91 Å². The average molecular weight is 391 g/mol. The molecule has 2 aromatic rings. The number of ether oxygens (including phenoxy) is 1. The van der Waals surface area contributed by atoms with E-state index in [-0.39, 0.29) is 12.0 Å². The Hall–Kier alpha value is -2.13. The molecule has 1 amide bonds. The number of thiazole rings is 1. The number of nitrogens with one attached hydrogen (secondary N) is 1. The third kappa shape index (κ3) is 4.08. The van der Waals surface area contributed by atoms with E-state index in [4.69, 9.17) is 9.73 Å². The second kappa shape index (κ2) is 8.26. The smallest absolute Gasteiger partial charge is 0.251 e. The summed E-state index contributed by atoms with van der Waals surface area (Å²) in [5, 5.41) is 5.39. The molecule has 0 aromatic carbocycles. The number of aromatic nitrogens is 2. The van der Waals surface area contributed by atoms with Crippen molar-refractivity contribution in [3.05, 3.63) is 23.5 Å². The topological polar surface area (TPSA) is 74.5 Å². The van der Waals surface area contributed by atoms with Crippen molar-refractivity contribution in [2.45, 2.75) is 32.4 Å². The van der Waals surface area contributed by atoms with E-state index in [9.17, 15) is 4.79 Å². The van der Waals surface area contributed by atoms with Crippen molar-refractivity contribution in [3.8, 4) is 0 Å². The maximum absolute atomic E-state index is 12.5. The molecule has 1 unspecified atom stereocenters. The van der Waals surface area contributed by atoms with Crippen LogP contribution in [0.5, 0.6) is 0 Å². The van der Waals surface area contributed by atoms with Gasteiger partial charge in [0, 0.05) is 57.1 Å². The van der Waals surface area contributed by atoms with Gasteiger partial charge >= 0.3 is 0 Å². The van der Waals surface area contributed by atoms with Gasteiger partial charge in [0.1, 0.15) is 6.10 Å². The van der Waals surface area contributed by atoms with Gasteiger partial charge < -0.3 is 19.9 Å². The summed E-state index contributed by atoms with van der Waals surface area (Å²) in [6.45, 7) is 7.12. The van der Waals surface area contributed by atoms with E-state index in [1.807, 2.05) is 27.1 Å². The molecule has 1 atom stereocenters. The van der Waals surface area contributed by atoms with E-state index in [0.717, 1.165) is 49.1 Å². The van der Waals surface area contributed by atoms with Crippen LogP contribution in [-0.4, -0.2) is 76.5 Å². The van der Waals surface area contributed by atoms with Crippen molar-refractivity contribution in [2.75, 3.05) is 39.3 Å². The van der Waals surface area contributed by atoms with Crippen LogP contribution in [0.1, 0.15) is 25.5 Å². The molecule has 4 heterocycles. The van der Waals surface area contributed by atoms with Crippen molar-refractivity contribution in [1.29, 1.82) is 0 Å². The monoisotopic (exact) mass is 390 g/mol. The molecule has 0 saturated carbocycles. The summed E-state index contributed by atoms with van der Waals surface area (Å²) in [6, 6.07) is 0. The third-order valence-corrected chi connectivity index (χ3v) is 5.74. The molecule has 146 valence electrons. The predicted molar refractivity (Wildman–Crippen MR) is 105 cm³/mol. The second-order valence-electron chi connectivity index (χ2n) is 6.81. The van der Waals surface area contributed by atoms with Gasteiger partial charge in [0.05, 0.1) is 12.2 Å². The number of nitrogens with zero attached hydrogens (tertiary/aromatic N) is 5. The zero-order valence-corrected chi connectivity index (χ0v) is 16.5. The molecule has 27 heavy (non-hydrogen) atoms. The van der Waals surface area contributed by atoms with Crippen LogP contribution >= 0.6 is 11.3 Å². The Labute approximate surface area is 162 Å². The number of aliphatic imine (C=N–C) groups is 1. The summed E-state index contributed by atoms with van der Waals surface area (Å²) in [6.07, 6.45) is 5.64. The fourth-order valence-corrected chi connectivity index (χ4v) is 4.27. The first-order valence-electron chi connectivity index (χ1n) is 9.59. The molecule has 0 spiro atoms.